The number of nitrogens with one attached hydrogen (secondary N) is 1. The highest BCUT2D eigenvalue weighted by molar-refractivity contribution is 5.99. The van der Waals surface area contributed by atoms with E-state index < -0.39 is 11.5 Å². The molecule has 0 unspecified atom stereocenters. The van der Waals surface area contributed by atoms with E-state index in [9.17, 15) is 14.0 Å². The summed E-state index contributed by atoms with van der Waals surface area (Å²) >= 11 is 0. The van der Waals surface area contributed by atoms with E-state index in [-0.39, 0.29) is 11.7 Å². The Morgan fingerprint density at radius 3 is 2.43 bits per heavy atom. The first-order valence-electron chi connectivity index (χ1n) is 9.54. The number of halogens is 1. The maximum absolute atomic E-state index is 13.7. The zero-order chi connectivity index (χ0) is 20.1. The summed E-state index contributed by atoms with van der Waals surface area (Å²) in [6.07, 6.45) is 2.84. The summed E-state index contributed by atoms with van der Waals surface area (Å²) in [6, 6.07) is 13.3. The molecule has 6 heteroatoms. The average Bonchev–Trinajstić information content (AvgIpc) is 3.19. The van der Waals surface area contributed by atoms with Crippen molar-refractivity contribution in [3.05, 3.63) is 59.9 Å². The maximum Gasteiger partial charge on any atom is 0.413 e. The summed E-state index contributed by atoms with van der Waals surface area (Å²) < 4.78 is 18.7. The van der Waals surface area contributed by atoms with Crippen molar-refractivity contribution < 1.29 is 18.7 Å². The number of amides is 2. The van der Waals surface area contributed by atoms with Crippen LogP contribution in [0.2, 0.25) is 0 Å². The molecule has 0 bridgehead atoms. The summed E-state index contributed by atoms with van der Waals surface area (Å²) in [5, 5.41) is 2.97. The Balaban J connectivity index is 1.77. The van der Waals surface area contributed by atoms with Crippen LogP contribution in [0.25, 0.3) is 0 Å². The van der Waals surface area contributed by atoms with Crippen LogP contribution in [-0.4, -0.2) is 25.7 Å². The molecular formula is C22H25FN2O3. The third-order valence-electron chi connectivity index (χ3n) is 5.32. The van der Waals surface area contributed by atoms with Gasteiger partial charge in [-0.05, 0) is 61.7 Å². The summed E-state index contributed by atoms with van der Waals surface area (Å²) in [5.41, 5.74) is 1.31. The van der Waals surface area contributed by atoms with Crippen LogP contribution in [0.15, 0.2) is 48.5 Å². The van der Waals surface area contributed by atoms with Gasteiger partial charge in [-0.25, -0.2) is 9.18 Å². The predicted octanol–water partition coefficient (Wildman–Crippen LogP) is 4.87. The molecule has 5 nitrogen and oxygen atoms in total. The molecule has 0 spiro atoms. The van der Waals surface area contributed by atoms with E-state index in [1.807, 2.05) is 6.07 Å². The van der Waals surface area contributed by atoms with Crippen molar-refractivity contribution in [3.63, 3.8) is 0 Å². The van der Waals surface area contributed by atoms with Crippen LogP contribution in [0, 0.1) is 5.82 Å². The minimum absolute atomic E-state index is 0.123. The van der Waals surface area contributed by atoms with Gasteiger partial charge in [0.15, 0.2) is 0 Å². The molecule has 1 saturated carbocycles. The van der Waals surface area contributed by atoms with Gasteiger partial charge < -0.3 is 10.1 Å². The number of ether oxygens (including phenoxy) is 1. The van der Waals surface area contributed by atoms with Crippen LogP contribution >= 0.6 is 0 Å². The van der Waals surface area contributed by atoms with Crippen molar-refractivity contribution in [1.29, 1.82) is 0 Å². The second-order valence-electron chi connectivity index (χ2n) is 7.06. The summed E-state index contributed by atoms with van der Waals surface area (Å²) in [7, 11) is 1.63. The summed E-state index contributed by atoms with van der Waals surface area (Å²) in [5.74, 6) is -0.454. The Hall–Kier alpha value is -2.89. The maximum atomic E-state index is 13.7. The number of hydrogen-bond donors (Lipinski definition) is 1. The molecule has 0 radical (unpaired) electrons. The molecule has 1 fully saturated rings. The second kappa shape index (κ2) is 8.42. The number of benzene rings is 2. The quantitative estimate of drug-likeness (QED) is 0.800. The van der Waals surface area contributed by atoms with E-state index in [1.54, 1.807) is 44.3 Å². The molecule has 2 aromatic carbocycles. The average molecular weight is 384 g/mol. The number of hydrogen-bond acceptors (Lipinski definition) is 3. The van der Waals surface area contributed by atoms with E-state index in [2.05, 4.69) is 5.32 Å². The Bertz CT molecular complexity index is 845. The van der Waals surface area contributed by atoms with Crippen molar-refractivity contribution in [1.82, 2.24) is 0 Å². The van der Waals surface area contributed by atoms with Crippen molar-refractivity contribution in [2.45, 2.75) is 38.0 Å². The molecule has 28 heavy (non-hydrogen) atoms. The van der Waals surface area contributed by atoms with Crippen molar-refractivity contribution in [2.75, 3.05) is 23.9 Å². The van der Waals surface area contributed by atoms with Crippen LogP contribution in [0.4, 0.5) is 20.6 Å². The van der Waals surface area contributed by atoms with Gasteiger partial charge in [0, 0.05) is 18.4 Å². The largest absolute Gasteiger partial charge is 0.449 e. The molecule has 2 aromatic rings. The first-order chi connectivity index (χ1) is 13.5. The highest BCUT2D eigenvalue weighted by atomic mass is 19.1. The van der Waals surface area contributed by atoms with Gasteiger partial charge in [0.1, 0.15) is 5.82 Å². The van der Waals surface area contributed by atoms with E-state index in [1.165, 1.54) is 17.0 Å². The lowest BCUT2D eigenvalue weighted by molar-refractivity contribution is -0.121. The number of carbonyl (C=O) groups is 2. The minimum Gasteiger partial charge on any atom is -0.449 e. The lowest BCUT2D eigenvalue weighted by atomic mass is 9.78. The van der Waals surface area contributed by atoms with E-state index in [0.717, 1.165) is 18.4 Å². The van der Waals surface area contributed by atoms with Crippen molar-refractivity contribution >= 4 is 23.4 Å². The summed E-state index contributed by atoms with van der Waals surface area (Å²) in [4.78, 5) is 26.4. The third kappa shape index (κ3) is 4.01. The number of rotatable bonds is 5. The van der Waals surface area contributed by atoms with Crippen LogP contribution in [-0.2, 0) is 14.9 Å². The second-order valence-corrected chi connectivity index (χ2v) is 7.06. The fourth-order valence-electron chi connectivity index (χ4n) is 3.76. The van der Waals surface area contributed by atoms with Gasteiger partial charge in [0.2, 0.25) is 5.91 Å². The Kier molecular flexibility index (Phi) is 5.97. The smallest absolute Gasteiger partial charge is 0.413 e. The zero-order valence-electron chi connectivity index (χ0n) is 16.2. The molecule has 1 N–H and O–H groups in total. The van der Waals surface area contributed by atoms with Gasteiger partial charge in [-0.1, -0.05) is 25.0 Å². The van der Waals surface area contributed by atoms with E-state index in [4.69, 9.17) is 4.74 Å². The lowest BCUT2D eigenvalue weighted by Crippen LogP contribution is -2.38. The molecule has 0 aromatic heterocycles. The molecule has 1 aliphatic rings. The molecule has 3 rings (SSSR count). The van der Waals surface area contributed by atoms with E-state index >= 15 is 0 Å². The van der Waals surface area contributed by atoms with Crippen molar-refractivity contribution in [3.8, 4) is 0 Å². The number of nitrogens with zero attached hydrogens (tertiary/aromatic N) is 1. The molecular weight excluding hydrogens is 359 g/mol. The van der Waals surface area contributed by atoms with Gasteiger partial charge in [-0.3, -0.25) is 9.69 Å². The number of anilines is 2. The monoisotopic (exact) mass is 384 g/mol. The highest BCUT2D eigenvalue weighted by Crippen LogP contribution is 2.42. The molecule has 0 aliphatic heterocycles. The highest BCUT2D eigenvalue weighted by Gasteiger charge is 2.42. The SMILES string of the molecule is CCOC(=O)N(C)c1ccc(NC(=O)C2(c3cccc(F)c3)CCCC2)cc1. The summed E-state index contributed by atoms with van der Waals surface area (Å²) in [6.45, 7) is 2.06. The topological polar surface area (TPSA) is 58.6 Å². The van der Waals surface area contributed by atoms with Gasteiger partial charge in [-0.15, -0.1) is 0 Å². The molecule has 0 heterocycles. The lowest BCUT2D eigenvalue weighted by Gasteiger charge is -2.28. The van der Waals surface area contributed by atoms with Crippen LogP contribution in [0.5, 0.6) is 0 Å². The van der Waals surface area contributed by atoms with Gasteiger partial charge in [0.05, 0.1) is 12.0 Å². The van der Waals surface area contributed by atoms with Gasteiger partial charge in [0.25, 0.3) is 0 Å². The van der Waals surface area contributed by atoms with Gasteiger partial charge >= 0.3 is 6.09 Å². The number of carbonyl (C=O) groups excluding carboxylic acids is 2. The first-order valence-corrected chi connectivity index (χ1v) is 9.54. The molecule has 148 valence electrons. The molecule has 0 saturated heterocycles. The Labute approximate surface area is 164 Å². The van der Waals surface area contributed by atoms with Gasteiger partial charge in [-0.2, -0.15) is 0 Å². The fraction of sp³-hybridized carbons (Fsp3) is 0.364. The van der Waals surface area contributed by atoms with Crippen molar-refractivity contribution in [2.24, 2.45) is 0 Å². The van der Waals surface area contributed by atoms with Crippen LogP contribution in [0.1, 0.15) is 38.2 Å². The Morgan fingerprint density at radius 2 is 1.82 bits per heavy atom. The Morgan fingerprint density at radius 1 is 1.14 bits per heavy atom. The molecule has 1 aliphatic carbocycles. The first kappa shape index (κ1) is 19.9. The zero-order valence-corrected chi connectivity index (χ0v) is 16.2. The normalized spacial score (nSPS) is 15.1. The van der Waals surface area contributed by atoms with Crippen LogP contribution in [0.3, 0.4) is 0 Å². The predicted molar refractivity (Wildman–Crippen MR) is 107 cm³/mol. The van der Waals surface area contributed by atoms with Crippen LogP contribution < -0.4 is 10.2 Å². The third-order valence-corrected chi connectivity index (χ3v) is 5.32. The molecule has 2 amide bonds. The minimum atomic E-state index is -0.706. The van der Waals surface area contributed by atoms with E-state index in [0.29, 0.717) is 30.8 Å². The molecule has 0 atom stereocenters. The standard InChI is InChI=1S/C22H25FN2O3/c1-3-28-21(27)25(2)19-11-9-18(10-12-19)24-20(26)22(13-4-5-14-22)16-7-6-8-17(23)15-16/h6-12,15H,3-5,13-14H2,1-2H3,(H,24,26). The fourth-order valence-corrected chi connectivity index (χ4v) is 3.76.